The molecule has 1 aromatic carbocycles. The second kappa shape index (κ2) is 8.36. The average Bonchev–Trinajstić information content (AvgIpc) is 2.78. The predicted octanol–water partition coefficient (Wildman–Crippen LogP) is 7.82. The Labute approximate surface area is 212 Å². The Morgan fingerprint density at radius 3 is 1.76 bits per heavy atom. The first-order chi connectivity index (χ1) is 15.9. The van der Waals surface area contributed by atoms with Gasteiger partial charge in [-0.3, -0.25) is 0 Å². The fourth-order valence-electron chi connectivity index (χ4n) is 9.33. The van der Waals surface area contributed by atoms with Crippen molar-refractivity contribution in [2.75, 3.05) is 0 Å². The molecule has 0 saturated heterocycles. The summed E-state index contributed by atoms with van der Waals surface area (Å²) in [5.41, 5.74) is 2.09. The Morgan fingerprint density at radius 2 is 1.32 bits per heavy atom. The fraction of sp³-hybridized carbons (Fsp3) is 0.742. The van der Waals surface area contributed by atoms with Gasteiger partial charge in [0, 0.05) is 5.56 Å². The molecule has 0 aromatic heterocycles. The van der Waals surface area contributed by atoms with Crippen LogP contribution in [0, 0.1) is 58.7 Å². The number of terminal acetylenes is 1. The van der Waals surface area contributed by atoms with Crippen LogP contribution in [-0.4, -0.2) is 16.6 Å². The van der Waals surface area contributed by atoms with E-state index in [1.807, 2.05) is 0 Å². The number of rotatable bonds is 7. The number of hydrogen-bond donors (Lipinski definition) is 0. The van der Waals surface area contributed by atoms with E-state index < -0.39 is 16.6 Å². The van der Waals surface area contributed by atoms with Gasteiger partial charge in [0.05, 0.1) is 0 Å². The lowest BCUT2D eigenvalue weighted by atomic mass is 9.46. The van der Waals surface area contributed by atoms with Crippen LogP contribution >= 0.6 is 0 Å². The van der Waals surface area contributed by atoms with E-state index in [-0.39, 0.29) is 0 Å². The van der Waals surface area contributed by atoms with Gasteiger partial charge in [-0.05, 0) is 121 Å². The maximum Gasteiger partial charge on any atom is 0.209 e. The summed E-state index contributed by atoms with van der Waals surface area (Å²) in [6.07, 6.45) is 14.3. The highest BCUT2D eigenvalue weighted by Gasteiger charge is 2.57. The minimum atomic E-state index is -2.10. The minimum absolute atomic E-state index is 0.535. The van der Waals surface area contributed by atoms with Crippen LogP contribution in [0.5, 0.6) is 0 Å². The van der Waals surface area contributed by atoms with Crippen molar-refractivity contribution in [3.05, 3.63) is 29.8 Å². The van der Waals surface area contributed by atoms with Crippen molar-refractivity contribution in [3.8, 4) is 12.3 Å². The molecule has 1 nitrogen and oxygen atoms in total. The zero-order chi connectivity index (χ0) is 24.5. The fourth-order valence-corrected chi connectivity index (χ4v) is 19.7. The molecular formula is C31H48OSi2. The summed E-state index contributed by atoms with van der Waals surface area (Å²) in [5.74, 6) is 8.28. The smallest absolute Gasteiger partial charge is 0.209 e. The molecule has 4 bridgehead atoms. The van der Waals surface area contributed by atoms with Crippen LogP contribution in [0.3, 0.4) is 0 Å². The second-order valence-corrected chi connectivity index (χ2v) is 22.8. The number of fused-ring (bicyclic) bond motifs is 4. The van der Waals surface area contributed by atoms with E-state index in [0.29, 0.717) is 10.8 Å². The van der Waals surface area contributed by atoms with Crippen molar-refractivity contribution in [2.24, 2.45) is 46.3 Å². The molecule has 0 spiro atoms. The van der Waals surface area contributed by atoms with Crippen molar-refractivity contribution in [1.82, 2.24) is 0 Å². The van der Waals surface area contributed by atoms with E-state index in [1.165, 1.54) is 55.8 Å². The molecule has 3 heteroatoms. The third kappa shape index (κ3) is 4.10. The van der Waals surface area contributed by atoms with E-state index in [1.54, 1.807) is 0 Å². The molecule has 7 atom stereocenters. The predicted molar refractivity (Wildman–Crippen MR) is 150 cm³/mol. The van der Waals surface area contributed by atoms with Crippen molar-refractivity contribution in [2.45, 2.75) is 97.9 Å². The lowest BCUT2D eigenvalue weighted by Gasteiger charge is -2.61. The zero-order valence-corrected chi connectivity index (χ0v) is 24.9. The lowest BCUT2D eigenvalue weighted by molar-refractivity contribution is -0.100. The SMILES string of the molecule is C#Cc1ccc([Si](C)(CC2CC[C@@H]3C[C@H]2C3(C)C)O[Si](C)(C)CC2CC[C@@H]3C[C@H]2C3(C)C)cc1. The molecule has 186 valence electrons. The van der Waals surface area contributed by atoms with Gasteiger partial charge < -0.3 is 4.12 Å². The summed E-state index contributed by atoms with van der Waals surface area (Å²) >= 11 is 0. The Hall–Kier alpha value is -0.826. The molecule has 7 rings (SSSR count). The number of hydrogen-bond acceptors (Lipinski definition) is 1. The van der Waals surface area contributed by atoms with Gasteiger partial charge in [-0.1, -0.05) is 58.6 Å². The Bertz CT molecular complexity index is 951. The molecule has 3 unspecified atom stereocenters. The van der Waals surface area contributed by atoms with E-state index >= 15 is 0 Å². The van der Waals surface area contributed by atoms with Crippen molar-refractivity contribution in [3.63, 3.8) is 0 Å². The molecule has 0 N–H and O–H groups in total. The molecule has 34 heavy (non-hydrogen) atoms. The highest BCUT2D eigenvalue weighted by atomic mass is 28.4. The Kier molecular flexibility index (Phi) is 6.11. The molecule has 0 radical (unpaired) electrons. The average molecular weight is 493 g/mol. The first kappa shape index (κ1) is 24.8. The van der Waals surface area contributed by atoms with Crippen LogP contribution in [-0.2, 0) is 4.12 Å². The van der Waals surface area contributed by atoms with Gasteiger partial charge >= 0.3 is 0 Å². The van der Waals surface area contributed by atoms with Gasteiger partial charge in [-0.2, -0.15) is 0 Å². The molecule has 0 amide bonds. The van der Waals surface area contributed by atoms with E-state index in [4.69, 9.17) is 10.5 Å². The lowest BCUT2D eigenvalue weighted by Crippen LogP contribution is -2.60. The minimum Gasteiger partial charge on any atom is -0.452 e. The quantitative estimate of drug-likeness (QED) is 0.278. The summed E-state index contributed by atoms with van der Waals surface area (Å²) in [4.78, 5) is 0. The van der Waals surface area contributed by atoms with Crippen LogP contribution in [0.15, 0.2) is 24.3 Å². The molecule has 6 aliphatic rings. The monoisotopic (exact) mass is 492 g/mol. The number of benzene rings is 1. The van der Waals surface area contributed by atoms with Crippen LogP contribution in [0.1, 0.15) is 71.8 Å². The van der Waals surface area contributed by atoms with Gasteiger partial charge in [-0.25, -0.2) is 0 Å². The largest absolute Gasteiger partial charge is 0.452 e. The summed E-state index contributed by atoms with van der Waals surface area (Å²) in [6, 6.07) is 11.6. The summed E-state index contributed by atoms with van der Waals surface area (Å²) < 4.78 is 7.58. The first-order valence-electron chi connectivity index (χ1n) is 14.1. The molecule has 6 fully saturated rings. The second-order valence-electron chi connectivity index (χ2n) is 14.6. The highest BCUT2D eigenvalue weighted by molar-refractivity contribution is 6.93. The van der Waals surface area contributed by atoms with Gasteiger partial charge in [0.15, 0.2) is 8.32 Å². The summed E-state index contributed by atoms with van der Waals surface area (Å²) in [5, 5.41) is 1.47. The molecule has 0 aliphatic heterocycles. The van der Waals surface area contributed by atoms with Gasteiger partial charge in [0.25, 0.3) is 0 Å². The van der Waals surface area contributed by atoms with Crippen LogP contribution in [0.2, 0.25) is 31.7 Å². The van der Waals surface area contributed by atoms with E-state index in [2.05, 4.69) is 77.5 Å². The standard InChI is InChI=1S/C31H48OSi2/c1-9-22-10-16-27(17-11-22)34(8,21-24-13-15-26-19-29(24)31(26,4)5)32-33(6,7)20-23-12-14-25-18-28(23)30(25,2)3/h1,10-11,16-17,23-26,28-29H,12-15,18-21H2,2-8H3/t23?,24?,25-,26-,28-,29-,34?/m1/s1. The molecule has 0 heterocycles. The topological polar surface area (TPSA) is 9.23 Å². The molecule has 1 aromatic rings. The van der Waals surface area contributed by atoms with E-state index in [0.717, 1.165) is 41.1 Å². The third-order valence-corrected chi connectivity index (χ3v) is 19.9. The van der Waals surface area contributed by atoms with Crippen LogP contribution < -0.4 is 5.19 Å². The molecule has 6 aliphatic carbocycles. The van der Waals surface area contributed by atoms with E-state index in [9.17, 15) is 0 Å². The van der Waals surface area contributed by atoms with Crippen LogP contribution in [0.25, 0.3) is 0 Å². The van der Waals surface area contributed by atoms with Crippen molar-refractivity contribution in [1.29, 1.82) is 0 Å². The zero-order valence-electron chi connectivity index (χ0n) is 22.9. The van der Waals surface area contributed by atoms with Crippen LogP contribution in [0.4, 0.5) is 0 Å². The molecule has 6 saturated carbocycles. The van der Waals surface area contributed by atoms with Gasteiger partial charge in [-0.15, -0.1) is 6.42 Å². The van der Waals surface area contributed by atoms with Gasteiger partial charge in [0.1, 0.15) is 0 Å². The molecular weight excluding hydrogens is 445 g/mol. The highest BCUT2D eigenvalue weighted by Crippen LogP contribution is 2.64. The summed E-state index contributed by atoms with van der Waals surface area (Å²) in [6.45, 7) is 17.8. The maximum atomic E-state index is 7.58. The summed E-state index contributed by atoms with van der Waals surface area (Å²) in [7, 11) is -3.92. The Balaban J connectivity index is 1.38. The normalized spacial score (nSPS) is 37.0. The van der Waals surface area contributed by atoms with Crippen molar-refractivity contribution < 1.29 is 4.12 Å². The third-order valence-electron chi connectivity index (χ3n) is 11.6. The van der Waals surface area contributed by atoms with Crippen molar-refractivity contribution >= 4 is 21.8 Å². The maximum absolute atomic E-state index is 7.58. The van der Waals surface area contributed by atoms with Gasteiger partial charge in [0.2, 0.25) is 8.32 Å². The Morgan fingerprint density at radius 1 is 0.824 bits per heavy atom. The first-order valence-corrected chi connectivity index (χ1v) is 19.9.